The molecule has 3 amide bonds. The van der Waals surface area contributed by atoms with E-state index >= 15 is 0 Å². The smallest absolute Gasteiger partial charge is 0.243 e. The first-order valence-corrected chi connectivity index (χ1v) is 40.7. The van der Waals surface area contributed by atoms with Crippen LogP contribution in [-0.2, 0) is 46.7 Å². The Balaban J connectivity index is 0.000000124. The van der Waals surface area contributed by atoms with Gasteiger partial charge in [0.15, 0.2) is 0 Å². The molecule has 564 valence electrons. The number of rotatable bonds is 16. The van der Waals surface area contributed by atoms with Crippen LogP contribution >= 0.6 is 23.2 Å². The quantitative estimate of drug-likeness (QED) is 0.0864. The van der Waals surface area contributed by atoms with Gasteiger partial charge in [-0.25, -0.2) is 18.5 Å². The number of hydrazine groups is 1. The summed E-state index contributed by atoms with van der Waals surface area (Å²) in [5.41, 5.74) is 18.1. The Morgan fingerprint density at radius 1 is 0.565 bits per heavy atom. The maximum atomic E-state index is 14.3. The molecule has 18 heteroatoms. The average Bonchev–Trinajstić information content (AvgIpc) is 1.56. The van der Waals surface area contributed by atoms with Gasteiger partial charge < -0.3 is 15.4 Å². The fourth-order valence-corrected chi connectivity index (χ4v) is 21.9. The van der Waals surface area contributed by atoms with Crippen LogP contribution in [-0.4, -0.2) is 84.4 Å². The molecule has 0 spiro atoms. The predicted molar refractivity (Wildman–Crippen MR) is 422 cm³/mol. The number of hydrogen-bond donors (Lipinski definition) is 3. The number of methoxy groups -OCH3 is 1. The van der Waals surface area contributed by atoms with Gasteiger partial charge in [-0.3, -0.25) is 29.2 Å². The third-order valence-electron chi connectivity index (χ3n) is 26.7. The lowest BCUT2D eigenvalue weighted by atomic mass is 9.59. The summed E-state index contributed by atoms with van der Waals surface area (Å²) < 4.78 is 39.8. The number of fused-ring (bicyclic) bond motifs is 7. The highest BCUT2D eigenvalue weighted by atomic mass is 35.5. The molecule has 0 radical (unpaired) electrons. The van der Waals surface area contributed by atoms with Crippen LogP contribution in [0.2, 0.25) is 10.0 Å². The maximum absolute atomic E-state index is 14.3. The molecule has 6 fully saturated rings. The van der Waals surface area contributed by atoms with E-state index in [1.54, 1.807) is 37.4 Å². The minimum Gasteiger partial charge on any atom is -0.497 e. The van der Waals surface area contributed by atoms with Crippen molar-refractivity contribution in [3.63, 3.8) is 0 Å². The van der Waals surface area contributed by atoms with Gasteiger partial charge in [0.1, 0.15) is 17.4 Å². The van der Waals surface area contributed by atoms with Crippen LogP contribution in [0.4, 0.5) is 8.78 Å². The average molecular weight is 1500 g/mol. The van der Waals surface area contributed by atoms with Crippen LogP contribution in [0.1, 0.15) is 206 Å². The van der Waals surface area contributed by atoms with Crippen molar-refractivity contribution in [1.29, 1.82) is 0 Å². The summed E-state index contributed by atoms with van der Waals surface area (Å²) in [6, 6.07) is 47.7. The van der Waals surface area contributed by atoms with Gasteiger partial charge in [0.25, 0.3) is 0 Å². The van der Waals surface area contributed by atoms with Gasteiger partial charge in [0, 0.05) is 63.6 Å². The molecular formula is C90H102Cl2F2N10O4. The highest BCUT2D eigenvalue weighted by Gasteiger charge is 2.60. The lowest BCUT2D eigenvalue weighted by molar-refractivity contribution is -0.128. The molecule has 9 aromatic rings. The molecule has 9 aliphatic rings. The lowest BCUT2D eigenvalue weighted by Crippen LogP contribution is -2.53. The predicted octanol–water partition coefficient (Wildman–Crippen LogP) is 19.2. The lowest BCUT2D eigenvalue weighted by Gasteiger charge is -2.49. The van der Waals surface area contributed by atoms with Crippen molar-refractivity contribution in [3.8, 4) is 45.2 Å². The van der Waals surface area contributed by atoms with E-state index < -0.39 is 0 Å². The molecular weight excluding hydrogens is 1390 g/mol. The molecule has 1 aliphatic heterocycles. The molecule has 8 aliphatic carbocycles. The van der Waals surface area contributed by atoms with Crippen molar-refractivity contribution in [3.05, 3.63) is 218 Å². The number of carbonyl (C=O) groups excluding carboxylic acids is 3. The summed E-state index contributed by atoms with van der Waals surface area (Å²) in [6.45, 7) is 12.3. The molecule has 5 bridgehead atoms. The number of nitrogens with one attached hydrogen (secondary N) is 3. The monoisotopic (exact) mass is 1490 g/mol. The van der Waals surface area contributed by atoms with Gasteiger partial charge in [-0.1, -0.05) is 135 Å². The number of ether oxygens (including phenoxy) is 1. The van der Waals surface area contributed by atoms with Crippen molar-refractivity contribution >= 4 is 40.9 Å². The van der Waals surface area contributed by atoms with Crippen LogP contribution in [0.15, 0.2) is 152 Å². The molecule has 108 heavy (non-hydrogen) atoms. The van der Waals surface area contributed by atoms with E-state index in [9.17, 15) is 23.2 Å². The van der Waals surface area contributed by atoms with Crippen LogP contribution in [0, 0.1) is 51.6 Å². The molecule has 6 aromatic carbocycles. The zero-order chi connectivity index (χ0) is 74.6. The van der Waals surface area contributed by atoms with Crippen LogP contribution in [0.25, 0.3) is 39.5 Å². The van der Waals surface area contributed by atoms with Crippen molar-refractivity contribution in [2.45, 2.75) is 205 Å². The highest BCUT2D eigenvalue weighted by Crippen LogP contribution is 2.64. The summed E-state index contributed by atoms with van der Waals surface area (Å²) in [5.74, 6) is 3.08. The highest BCUT2D eigenvalue weighted by molar-refractivity contribution is 6.35. The molecule has 14 nitrogen and oxygen atoms in total. The number of nitrogens with zero attached hydrogens (tertiary/aromatic N) is 7. The summed E-state index contributed by atoms with van der Waals surface area (Å²) in [4.78, 5) is 41.1. The summed E-state index contributed by atoms with van der Waals surface area (Å²) in [5, 5.41) is 25.3. The summed E-state index contributed by atoms with van der Waals surface area (Å²) in [7, 11) is 1.65. The van der Waals surface area contributed by atoms with E-state index in [4.69, 9.17) is 43.2 Å². The Labute approximate surface area is 644 Å². The first-order valence-electron chi connectivity index (χ1n) is 40.0. The zero-order valence-corrected chi connectivity index (χ0v) is 64.6. The normalized spacial score (nSPS) is 25.8. The van der Waals surface area contributed by atoms with Gasteiger partial charge in [-0.2, -0.15) is 15.3 Å². The van der Waals surface area contributed by atoms with Gasteiger partial charge in [-0.15, -0.1) is 0 Å². The van der Waals surface area contributed by atoms with E-state index in [0.29, 0.717) is 29.1 Å². The summed E-state index contributed by atoms with van der Waals surface area (Å²) >= 11 is 12.8. The van der Waals surface area contributed by atoms with Crippen LogP contribution in [0.3, 0.4) is 0 Å². The second kappa shape index (κ2) is 30.8. The van der Waals surface area contributed by atoms with E-state index in [1.165, 1.54) is 76.3 Å². The SMILES string of the molecule is CC(NC(=O)C1CCCc2c1nn(Cc1ccccc1)c2-c1cccc(F)c1)C12CCC3CC(CC3C1)C2.CC12CCC(C1)C(C)(C)[C@H]2NC(=O)C1CCCc2c1nn(Cc1ccccc1)c2-c1cccc(F)c1.COc1ccc(-c2c3c(nn2-c2ccc(Cl)cc2Cl)C(C(=O)NN2CCCCC2)CCC3)cc1. The Morgan fingerprint density at radius 3 is 1.69 bits per heavy atom. The van der Waals surface area contributed by atoms with Crippen LogP contribution < -0.4 is 20.8 Å². The Kier molecular flexibility index (Phi) is 21.0. The van der Waals surface area contributed by atoms with Crippen molar-refractivity contribution in [1.82, 2.24) is 50.4 Å². The number of aromatic nitrogens is 6. The molecule has 1 saturated heterocycles. The fourth-order valence-electron chi connectivity index (χ4n) is 21.4. The molecule has 5 saturated carbocycles. The second-order valence-corrected chi connectivity index (χ2v) is 34.6. The van der Waals surface area contributed by atoms with Crippen molar-refractivity contribution < 1.29 is 27.9 Å². The molecule has 18 rings (SSSR count). The fraction of sp³-hybridized carbons (Fsp3) is 0.467. The van der Waals surface area contributed by atoms with Gasteiger partial charge in [0.05, 0.1) is 82.8 Å². The molecule has 10 unspecified atom stereocenters. The Bertz CT molecular complexity index is 4770. The van der Waals surface area contributed by atoms with Gasteiger partial charge in [0.2, 0.25) is 17.7 Å². The van der Waals surface area contributed by atoms with Gasteiger partial charge >= 0.3 is 0 Å². The molecule has 3 aromatic heterocycles. The number of benzene rings is 6. The Morgan fingerprint density at radius 2 is 1.13 bits per heavy atom. The van der Waals surface area contributed by atoms with E-state index in [0.717, 1.165) is 192 Å². The second-order valence-electron chi connectivity index (χ2n) is 33.8. The third kappa shape index (κ3) is 14.6. The van der Waals surface area contributed by atoms with E-state index in [-0.39, 0.29) is 75.4 Å². The van der Waals surface area contributed by atoms with Crippen LogP contribution in [0.5, 0.6) is 5.75 Å². The summed E-state index contributed by atoms with van der Waals surface area (Å²) in [6.07, 6.45) is 22.9. The maximum Gasteiger partial charge on any atom is 0.243 e. The molecule has 11 atom stereocenters. The number of hydrogen-bond acceptors (Lipinski definition) is 8. The third-order valence-corrected chi connectivity index (χ3v) is 27.2. The van der Waals surface area contributed by atoms with Gasteiger partial charge in [-0.05, 0) is 253 Å². The standard InChI is InChI=1S/C33H38FN3O.C31H36FN3O.C26H28Cl2N4O2/c1-21(33-14-13-24-15-23(18-33)16-26(24)19-33)35-32(38)29-12-6-11-28-30(29)36-37(20-22-7-3-2-4-8-22)31(28)25-9-5-10-27(34)17-25;1-30(2)22-15-16-31(3,18-22)29(30)33-28(36)25-14-8-13-24-26(25)34-35(19-20-9-5-4-6-10-20)27(24)21-11-7-12-23(32)17-21;1-34-19-11-8-17(9-12-19)25-20-6-5-7-21(26(33)30-31-14-3-2-4-15-31)24(20)29-32(25)23-13-10-18(27)16-22(23)28/h2-5,7-10,17,21,23-24,26,29H,6,11-16,18-20H2,1H3,(H,35,38);4-7,9-12,17,22,25,29H,8,13-16,18-19H2,1-3H3,(H,33,36);8-13,16,21H,2-7,14-15H2,1H3,(H,30,33)/t;22?,25?,29-,31?;/m.1./s1. The Hall–Kier alpha value is -8.44. The zero-order valence-electron chi connectivity index (χ0n) is 63.1. The number of amides is 3. The number of carbonyl (C=O) groups is 3. The molecule has 3 N–H and O–H groups in total. The number of piperidine rings is 1. The van der Waals surface area contributed by atoms with Crippen molar-refractivity contribution in [2.24, 2.45) is 39.9 Å². The molecule has 4 heterocycles. The number of halogens is 4. The minimum atomic E-state index is -0.296. The largest absolute Gasteiger partial charge is 0.497 e. The van der Waals surface area contributed by atoms with Crippen molar-refractivity contribution in [2.75, 3.05) is 20.2 Å². The minimum absolute atomic E-state index is 0.0241. The topological polar surface area (TPSA) is 153 Å². The first kappa shape index (κ1) is 73.7. The van der Waals surface area contributed by atoms with E-state index in [2.05, 4.69) is 73.0 Å². The first-order chi connectivity index (χ1) is 52.3. The van der Waals surface area contributed by atoms with E-state index in [1.807, 2.05) is 99.0 Å².